The van der Waals surface area contributed by atoms with Crippen molar-refractivity contribution < 1.29 is 13.2 Å². The highest BCUT2D eigenvalue weighted by Gasteiger charge is 2.28. The van der Waals surface area contributed by atoms with E-state index in [0.29, 0.717) is 5.56 Å². The van der Waals surface area contributed by atoms with Gasteiger partial charge in [0.15, 0.2) is 0 Å². The van der Waals surface area contributed by atoms with Gasteiger partial charge in [0, 0.05) is 17.3 Å². The van der Waals surface area contributed by atoms with Gasteiger partial charge in [0.1, 0.15) is 0 Å². The predicted octanol–water partition coefficient (Wildman–Crippen LogP) is 4.63. The maximum atomic E-state index is 13.0. The van der Waals surface area contributed by atoms with E-state index in [-0.39, 0.29) is 28.7 Å². The Balaban J connectivity index is 1.91. The van der Waals surface area contributed by atoms with Crippen LogP contribution in [0.2, 0.25) is 0 Å². The number of hydrogen-bond acceptors (Lipinski definition) is 3. The lowest BCUT2D eigenvalue weighted by molar-refractivity contribution is 0.102. The molecule has 150 valence electrons. The molecule has 0 heterocycles. The van der Waals surface area contributed by atoms with Gasteiger partial charge in [-0.15, -0.1) is 0 Å². The van der Waals surface area contributed by atoms with Crippen molar-refractivity contribution in [2.75, 3.05) is 5.32 Å². The van der Waals surface area contributed by atoms with Crippen molar-refractivity contribution in [3.05, 3.63) is 59.2 Å². The monoisotopic (exact) mass is 400 g/mol. The Hall–Kier alpha value is -2.18. The molecular formula is C22H28N2O3S. The second-order valence-electron chi connectivity index (χ2n) is 8.00. The highest BCUT2D eigenvalue weighted by Crippen LogP contribution is 2.33. The van der Waals surface area contributed by atoms with E-state index in [1.165, 1.54) is 12.1 Å². The van der Waals surface area contributed by atoms with Crippen LogP contribution in [0.4, 0.5) is 5.69 Å². The van der Waals surface area contributed by atoms with E-state index in [0.717, 1.165) is 29.7 Å². The molecule has 28 heavy (non-hydrogen) atoms. The number of para-hydroxylation sites is 1. The molecule has 3 rings (SSSR count). The largest absolute Gasteiger partial charge is 0.321 e. The molecule has 0 aromatic heterocycles. The van der Waals surface area contributed by atoms with Gasteiger partial charge in [-0.1, -0.05) is 52.0 Å². The first-order valence-electron chi connectivity index (χ1n) is 9.75. The second-order valence-corrected chi connectivity index (χ2v) is 9.71. The van der Waals surface area contributed by atoms with Gasteiger partial charge in [0.25, 0.3) is 5.91 Å². The molecule has 2 aromatic carbocycles. The SMILES string of the molecule is CC(C)c1cccc(C(C)C)c1NC(=O)c1cccc(S(=O)(=O)NC2CC2)c1. The van der Waals surface area contributed by atoms with E-state index in [1.54, 1.807) is 12.1 Å². The first-order chi connectivity index (χ1) is 13.2. The lowest BCUT2D eigenvalue weighted by Crippen LogP contribution is -2.26. The highest BCUT2D eigenvalue weighted by atomic mass is 32.2. The number of carbonyl (C=O) groups is 1. The van der Waals surface area contributed by atoms with Crippen molar-refractivity contribution in [1.29, 1.82) is 0 Å². The number of benzene rings is 2. The number of hydrogen-bond donors (Lipinski definition) is 2. The number of anilines is 1. The number of carbonyl (C=O) groups excluding carboxylic acids is 1. The molecule has 0 spiro atoms. The zero-order valence-electron chi connectivity index (χ0n) is 16.8. The zero-order chi connectivity index (χ0) is 20.5. The number of amides is 1. The van der Waals surface area contributed by atoms with Gasteiger partial charge < -0.3 is 5.32 Å². The van der Waals surface area contributed by atoms with E-state index in [4.69, 9.17) is 0 Å². The molecule has 0 radical (unpaired) electrons. The molecule has 2 aromatic rings. The van der Waals surface area contributed by atoms with Crippen molar-refractivity contribution in [1.82, 2.24) is 4.72 Å². The van der Waals surface area contributed by atoms with Gasteiger partial charge in [-0.2, -0.15) is 0 Å². The fourth-order valence-electron chi connectivity index (χ4n) is 3.17. The van der Waals surface area contributed by atoms with Crippen LogP contribution in [-0.4, -0.2) is 20.4 Å². The third-order valence-corrected chi connectivity index (χ3v) is 6.44. The van der Waals surface area contributed by atoms with Crippen LogP contribution in [0.1, 0.15) is 73.9 Å². The molecule has 0 atom stereocenters. The Morgan fingerprint density at radius 1 is 0.964 bits per heavy atom. The van der Waals surface area contributed by atoms with Gasteiger partial charge in [-0.3, -0.25) is 4.79 Å². The zero-order valence-corrected chi connectivity index (χ0v) is 17.6. The molecule has 0 aliphatic heterocycles. The normalized spacial score (nSPS) is 14.5. The molecule has 1 saturated carbocycles. The molecule has 6 heteroatoms. The summed E-state index contributed by atoms with van der Waals surface area (Å²) >= 11 is 0. The van der Waals surface area contributed by atoms with Crippen LogP contribution in [0.25, 0.3) is 0 Å². The van der Waals surface area contributed by atoms with Crippen LogP contribution in [0.3, 0.4) is 0 Å². The standard InChI is InChI=1S/C22H28N2O3S/c1-14(2)19-9-6-10-20(15(3)4)21(19)23-22(25)16-7-5-8-18(13-16)28(26,27)24-17-11-12-17/h5-10,13-15,17,24H,11-12H2,1-4H3,(H,23,25). The Morgan fingerprint density at radius 2 is 1.54 bits per heavy atom. The third-order valence-electron chi connectivity index (χ3n) is 4.92. The van der Waals surface area contributed by atoms with Gasteiger partial charge in [-0.25, -0.2) is 13.1 Å². The lowest BCUT2D eigenvalue weighted by atomic mass is 9.92. The Labute approximate surface area is 167 Å². The smallest absolute Gasteiger partial charge is 0.255 e. The van der Waals surface area contributed by atoms with Crippen LogP contribution < -0.4 is 10.0 Å². The summed E-state index contributed by atoms with van der Waals surface area (Å²) < 4.78 is 27.6. The maximum Gasteiger partial charge on any atom is 0.255 e. The summed E-state index contributed by atoms with van der Waals surface area (Å²) in [5.41, 5.74) is 3.28. The van der Waals surface area contributed by atoms with Crippen LogP contribution in [-0.2, 0) is 10.0 Å². The molecule has 5 nitrogen and oxygen atoms in total. The molecule has 0 unspecified atom stereocenters. The maximum absolute atomic E-state index is 13.0. The fourth-order valence-corrected chi connectivity index (χ4v) is 4.52. The third kappa shape index (κ3) is 4.62. The summed E-state index contributed by atoms with van der Waals surface area (Å²) in [5, 5.41) is 3.04. The number of sulfonamides is 1. The van der Waals surface area contributed by atoms with Crippen molar-refractivity contribution >= 4 is 21.6 Å². The average molecular weight is 401 g/mol. The molecule has 1 fully saturated rings. The summed E-state index contributed by atoms with van der Waals surface area (Å²) in [6.45, 7) is 8.36. The van der Waals surface area contributed by atoms with Gasteiger partial charge in [0.05, 0.1) is 4.90 Å². The van der Waals surface area contributed by atoms with Crippen LogP contribution in [0.5, 0.6) is 0 Å². The summed E-state index contributed by atoms with van der Waals surface area (Å²) in [7, 11) is -3.60. The molecule has 2 N–H and O–H groups in total. The van der Waals surface area contributed by atoms with E-state index >= 15 is 0 Å². The summed E-state index contributed by atoms with van der Waals surface area (Å²) in [6, 6.07) is 12.3. The topological polar surface area (TPSA) is 75.3 Å². The lowest BCUT2D eigenvalue weighted by Gasteiger charge is -2.20. The number of nitrogens with one attached hydrogen (secondary N) is 2. The Kier molecular flexibility index (Phi) is 5.91. The van der Waals surface area contributed by atoms with Crippen LogP contribution in [0, 0.1) is 0 Å². The second kappa shape index (κ2) is 8.05. The van der Waals surface area contributed by atoms with Crippen LogP contribution in [0.15, 0.2) is 47.4 Å². The van der Waals surface area contributed by atoms with E-state index in [2.05, 4.69) is 37.7 Å². The minimum atomic E-state index is -3.60. The van der Waals surface area contributed by atoms with Gasteiger partial charge >= 0.3 is 0 Å². The Bertz CT molecular complexity index is 951. The first kappa shape index (κ1) is 20.6. The van der Waals surface area contributed by atoms with Crippen molar-refractivity contribution in [3.63, 3.8) is 0 Å². The van der Waals surface area contributed by atoms with Crippen molar-refractivity contribution in [2.24, 2.45) is 0 Å². The highest BCUT2D eigenvalue weighted by molar-refractivity contribution is 7.89. The van der Waals surface area contributed by atoms with Gasteiger partial charge in [0.2, 0.25) is 10.0 Å². The van der Waals surface area contributed by atoms with Crippen LogP contribution >= 0.6 is 0 Å². The van der Waals surface area contributed by atoms with Crippen molar-refractivity contribution in [2.45, 2.75) is 63.3 Å². The number of rotatable bonds is 7. The molecule has 0 bridgehead atoms. The summed E-state index contributed by atoms with van der Waals surface area (Å²) in [4.78, 5) is 13.1. The Morgan fingerprint density at radius 3 is 2.07 bits per heavy atom. The minimum Gasteiger partial charge on any atom is -0.321 e. The molecular weight excluding hydrogens is 372 g/mol. The average Bonchev–Trinajstić information content (AvgIpc) is 3.44. The van der Waals surface area contributed by atoms with E-state index in [9.17, 15) is 13.2 Å². The van der Waals surface area contributed by atoms with E-state index < -0.39 is 10.0 Å². The molecule has 1 amide bonds. The van der Waals surface area contributed by atoms with Gasteiger partial charge in [-0.05, 0) is 54.0 Å². The predicted molar refractivity (Wildman–Crippen MR) is 112 cm³/mol. The minimum absolute atomic E-state index is 0.0222. The summed E-state index contributed by atoms with van der Waals surface area (Å²) in [6.07, 6.45) is 1.73. The first-order valence-corrected chi connectivity index (χ1v) is 11.2. The van der Waals surface area contributed by atoms with Crippen molar-refractivity contribution in [3.8, 4) is 0 Å². The quantitative estimate of drug-likeness (QED) is 0.712. The van der Waals surface area contributed by atoms with E-state index in [1.807, 2.05) is 18.2 Å². The molecule has 1 aliphatic rings. The summed E-state index contributed by atoms with van der Waals surface area (Å²) in [5.74, 6) is 0.199. The molecule has 0 saturated heterocycles. The fraction of sp³-hybridized carbons (Fsp3) is 0.409. The molecule has 1 aliphatic carbocycles.